The van der Waals surface area contributed by atoms with E-state index < -0.39 is 0 Å². The Hall–Kier alpha value is -7.68. The Kier molecular flexibility index (Phi) is 8.19. The summed E-state index contributed by atoms with van der Waals surface area (Å²) >= 11 is 0. The molecule has 0 bridgehead atoms. The molecule has 0 fully saturated rings. The molecule has 1 heterocycles. The monoisotopic (exact) mass is 739 g/mol. The average molecular weight is 740 g/mol. The molecule has 2 nitrogen and oxygen atoms in total. The van der Waals surface area contributed by atoms with Gasteiger partial charge in [0.15, 0.2) is 0 Å². The van der Waals surface area contributed by atoms with Crippen LogP contribution < -0.4 is 4.90 Å². The van der Waals surface area contributed by atoms with Crippen molar-refractivity contribution in [2.45, 2.75) is 0 Å². The van der Waals surface area contributed by atoms with Gasteiger partial charge in [-0.25, -0.2) is 0 Å². The van der Waals surface area contributed by atoms with Gasteiger partial charge in [-0.1, -0.05) is 194 Å². The van der Waals surface area contributed by atoms with Crippen molar-refractivity contribution in [2.24, 2.45) is 0 Å². The fraction of sp³-hybridized carbons (Fsp3) is 0. The van der Waals surface area contributed by atoms with Gasteiger partial charge in [-0.15, -0.1) is 0 Å². The van der Waals surface area contributed by atoms with Gasteiger partial charge in [0.25, 0.3) is 0 Å². The number of para-hydroxylation sites is 2. The first-order valence-corrected chi connectivity index (χ1v) is 19.9. The quantitative estimate of drug-likeness (QED) is 0.151. The fourth-order valence-corrected chi connectivity index (χ4v) is 8.94. The molecule has 0 N–H and O–H groups in total. The predicted molar refractivity (Wildman–Crippen MR) is 245 cm³/mol. The van der Waals surface area contributed by atoms with Crippen molar-refractivity contribution in [2.75, 3.05) is 4.90 Å². The van der Waals surface area contributed by atoms with E-state index in [2.05, 4.69) is 223 Å². The first-order valence-electron chi connectivity index (χ1n) is 19.9. The number of hydrogen-bond donors (Lipinski definition) is 0. The van der Waals surface area contributed by atoms with E-state index >= 15 is 0 Å². The van der Waals surface area contributed by atoms with E-state index in [4.69, 9.17) is 4.42 Å². The number of benzene rings is 10. The number of fused-ring (bicyclic) bond motifs is 6. The lowest BCUT2D eigenvalue weighted by Gasteiger charge is -2.31. The number of nitrogens with zero attached hydrogens (tertiary/aromatic N) is 1. The summed E-state index contributed by atoms with van der Waals surface area (Å²) in [6, 6.07) is 80.8. The maximum Gasteiger partial charge on any atom is 0.137 e. The van der Waals surface area contributed by atoms with Crippen LogP contribution in [0.3, 0.4) is 0 Å². The van der Waals surface area contributed by atoms with E-state index in [0.717, 1.165) is 61.3 Å². The van der Waals surface area contributed by atoms with Crippen molar-refractivity contribution in [3.63, 3.8) is 0 Å². The van der Waals surface area contributed by atoms with E-state index in [1.807, 2.05) is 6.07 Å². The third-order valence-electron chi connectivity index (χ3n) is 11.4. The minimum absolute atomic E-state index is 0.852. The number of furan rings is 1. The molecule has 11 rings (SSSR count). The SMILES string of the molecule is c1ccc(-c2cccc(-c3ccccc3)c2N(c2ccc3c(c2)c(-c2ccccc2)c(-c2ccccc2)c2ccccc23)c2cccc3oc4ccccc4c23)cc1. The van der Waals surface area contributed by atoms with Crippen LogP contribution in [-0.4, -0.2) is 0 Å². The van der Waals surface area contributed by atoms with E-state index in [1.54, 1.807) is 0 Å². The normalized spacial score (nSPS) is 11.4. The summed E-state index contributed by atoms with van der Waals surface area (Å²) < 4.78 is 6.58. The molecule has 0 spiro atoms. The summed E-state index contributed by atoms with van der Waals surface area (Å²) in [5.74, 6) is 0. The second-order valence-corrected chi connectivity index (χ2v) is 14.8. The van der Waals surface area contributed by atoms with Gasteiger partial charge in [-0.05, 0) is 85.3 Å². The Morgan fingerprint density at radius 2 is 0.776 bits per heavy atom. The molecular weight excluding hydrogens is 703 g/mol. The van der Waals surface area contributed by atoms with Gasteiger partial charge in [-0.3, -0.25) is 0 Å². The standard InChI is InChI=1S/C56H37NO/c1-5-19-38(20-6-1)43-30-17-31-44(39-21-7-2-8-22-39)56(43)57(50-32-18-34-52-55(50)48-29-15-16-33-51(48)58-52)42-35-36-46-45-27-13-14-28-47(45)53(40-23-9-3-10-24-40)54(49(46)37-42)41-25-11-4-12-26-41/h1-37H. The lowest BCUT2D eigenvalue weighted by Crippen LogP contribution is -2.13. The van der Waals surface area contributed by atoms with Gasteiger partial charge in [-0.2, -0.15) is 0 Å². The van der Waals surface area contributed by atoms with E-state index in [9.17, 15) is 0 Å². The molecule has 0 radical (unpaired) electrons. The molecule has 0 unspecified atom stereocenters. The Balaban J connectivity index is 1.31. The van der Waals surface area contributed by atoms with Gasteiger partial charge in [0.05, 0.1) is 16.8 Å². The summed E-state index contributed by atoms with van der Waals surface area (Å²) in [5.41, 5.74) is 14.3. The lowest BCUT2D eigenvalue weighted by molar-refractivity contribution is 0.669. The minimum Gasteiger partial charge on any atom is -0.456 e. The molecule has 0 saturated heterocycles. The number of hydrogen-bond acceptors (Lipinski definition) is 2. The molecule has 2 heteroatoms. The molecule has 0 aliphatic heterocycles. The van der Waals surface area contributed by atoms with Gasteiger partial charge < -0.3 is 9.32 Å². The Morgan fingerprint density at radius 3 is 1.40 bits per heavy atom. The highest BCUT2D eigenvalue weighted by atomic mass is 16.3. The molecule has 272 valence electrons. The first-order chi connectivity index (χ1) is 28.8. The number of rotatable bonds is 7. The van der Waals surface area contributed by atoms with Crippen LogP contribution >= 0.6 is 0 Å². The van der Waals surface area contributed by atoms with Crippen LogP contribution in [0.15, 0.2) is 229 Å². The first kappa shape index (κ1) is 33.6. The summed E-state index contributed by atoms with van der Waals surface area (Å²) in [4.78, 5) is 2.49. The zero-order valence-corrected chi connectivity index (χ0v) is 31.7. The van der Waals surface area contributed by atoms with Crippen LogP contribution in [0.25, 0.3) is 88.0 Å². The van der Waals surface area contributed by atoms with Gasteiger partial charge in [0.2, 0.25) is 0 Å². The third-order valence-corrected chi connectivity index (χ3v) is 11.4. The maximum atomic E-state index is 6.58. The maximum absolute atomic E-state index is 6.58. The average Bonchev–Trinajstić information content (AvgIpc) is 3.69. The zero-order valence-electron chi connectivity index (χ0n) is 31.7. The summed E-state index contributed by atoms with van der Waals surface area (Å²) in [5, 5.41) is 7.02. The summed E-state index contributed by atoms with van der Waals surface area (Å²) in [7, 11) is 0. The van der Waals surface area contributed by atoms with Crippen LogP contribution in [-0.2, 0) is 0 Å². The molecular formula is C56H37NO. The molecule has 0 saturated carbocycles. The second kappa shape index (κ2) is 14.1. The van der Waals surface area contributed by atoms with Crippen LogP contribution in [0.5, 0.6) is 0 Å². The Labute approximate surface area is 337 Å². The summed E-state index contributed by atoms with van der Waals surface area (Å²) in [6.07, 6.45) is 0. The Bertz CT molecular complexity index is 3200. The molecule has 1 aromatic heterocycles. The Morgan fingerprint density at radius 1 is 0.310 bits per heavy atom. The van der Waals surface area contributed by atoms with Crippen molar-refractivity contribution >= 4 is 60.5 Å². The van der Waals surface area contributed by atoms with Crippen molar-refractivity contribution in [1.82, 2.24) is 0 Å². The van der Waals surface area contributed by atoms with Crippen molar-refractivity contribution in [3.05, 3.63) is 224 Å². The zero-order chi connectivity index (χ0) is 38.4. The van der Waals surface area contributed by atoms with E-state index in [1.165, 1.54) is 43.8 Å². The van der Waals surface area contributed by atoms with Crippen molar-refractivity contribution in [1.29, 1.82) is 0 Å². The van der Waals surface area contributed by atoms with Crippen LogP contribution in [0, 0.1) is 0 Å². The molecule has 10 aromatic carbocycles. The van der Waals surface area contributed by atoms with Crippen LogP contribution in [0.1, 0.15) is 0 Å². The lowest BCUT2D eigenvalue weighted by atomic mass is 9.84. The summed E-state index contributed by atoms with van der Waals surface area (Å²) in [6.45, 7) is 0. The highest BCUT2D eigenvalue weighted by molar-refractivity contribution is 6.23. The molecule has 0 atom stereocenters. The molecule has 58 heavy (non-hydrogen) atoms. The van der Waals surface area contributed by atoms with Gasteiger partial charge in [0, 0.05) is 22.2 Å². The van der Waals surface area contributed by atoms with Crippen LogP contribution in [0.2, 0.25) is 0 Å². The topological polar surface area (TPSA) is 16.4 Å². The van der Waals surface area contributed by atoms with Crippen LogP contribution in [0.4, 0.5) is 17.1 Å². The largest absolute Gasteiger partial charge is 0.456 e. The predicted octanol–water partition coefficient (Wildman–Crippen LogP) is 16.0. The molecule has 0 aliphatic carbocycles. The minimum atomic E-state index is 0.852. The molecule has 0 aliphatic rings. The molecule has 11 aromatic rings. The second-order valence-electron chi connectivity index (χ2n) is 14.8. The highest BCUT2D eigenvalue weighted by Crippen LogP contribution is 2.52. The number of anilines is 3. The highest BCUT2D eigenvalue weighted by Gasteiger charge is 2.26. The van der Waals surface area contributed by atoms with Gasteiger partial charge >= 0.3 is 0 Å². The van der Waals surface area contributed by atoms with E-state index in [-0.39, 0.29) is 0 Å². The van der Waals surface area contributed by atoms with Crippen molar-refractivity contribution < 1.29 is 4.42 Å². The molecule has 0 amide bonds. The third kappa shape index (κ3) is 5.57. The fourth-order valence-electron chi connectivity index (χ4n) is 8.94. The smallest absolute Gasteiger partial charge is 0.137 e. The van der Waals surface area contributed by atoms with Crippen molar-refractivity contribution in [3.8, 4) is 44.5 Å². The van der Waals surface area contributed by atoms with Gasteiger partial charge in [0.1, 0.15) is 11.2 Å². The van der Waals surface area contributed by atoms with E-state index in [0.29, 0.717) is 0 Å².